The van der Waals surface area contributed by atoms with Crippen LogP contribution in [0.4, 0.5) is 0 Å². The summed E-state index contributed by atoms with van der Waals surface area (Å²) >= 11 is 1.81. The van der Waals surface area contributed by atoms with Crippen molar-refractivity contribution in [1.82, 2.24) is 0 Å². The summed E-state index contributed by atoms with van der Waals surface area (Å²) in [5, 5.41) is 0. The predicted octanol–water partition coefficient (Wildman–Crippen LogP) is -2.08. The monoisotopic (exact) mass is 402 g/mol. The Kier molecular flexibility index (Phi) is 4.31. The number of hydrogen-bond acceptors (Lipinski definition) is 1. The normalized spacial score (nSPS) is 10.2. The van der Waals surface area contributed by atoms with Crippen molar-refractivity contribution in [3.05, 3.63) is 7.97 Å². The molecule has 5 heteroatoms. The van der Waals surface area contributed by atoms with Crippen LogP contribution in [0.3, 0.4) is 0 Å². The molecule has 0 aliphatic rings. The van der Waals surface area contributed by atoms with Crippen LogP contribution in [0.1, 0.15) is 0 Å². The van der Waals surface area contributed by atoms with Crippen molar-refractivity contribution in [1.29, 1.82) is 0 Å². The molecule has 0 saturated carbocycles. The van der Waals surface area contributed by atoms with E-state index in [0.717, 1.165) is 0 Å². The molecule has 56 valence electrons. The zero-order chi connectivity index (χ0) is 7.56. The Balaban J connectivity index is 3.08. The van der Waals surface area contributed by atoms with Crippen molar-refractivity contribution in [2.24, 2.45) is 0 Å². The third-order valence-corrected chi connectivity index (χ3v) is 15.5. The van der Waals surface area contributed by atoms with Crippen LogP contribution in [0.25, 0.3) is 0 Å². The molecular weight excluding hydrogens is 392 g/mol. The summed E-state index contributed by atoms with van der Waals surface area (Å²) in [6, 6.07) is 0. The fourth-order valence-electron chi connectivity index (χ4n) is 0.506. The molecule has 0 aliphatic heterocycles. The molecule has 0 N–H and O–H groups in total. The maximum atomic E-state index is 11.0. The van der Waals surface area contributed by atoms with E-state index in [2.05, 4.69) is 11.6 Å². The first kappa shape index (κ1) is 9.57. The average Bonchev–Trinajstić information content (AvgIpc) is 2.30. The minimum atomic E-state index is 0.280. The van der Waals surface area contributed by atoms with E-state index >= 15 is 0 Å². The molecule has 1 heterocycles. The van der Waals surface area contributed by atoms with Crippen molar-refractivity contribution < 1.29 is 0 Å². The molecule has 0 unspecified atom stereocenters. The van der Waals surface area contributed by atoms with E-state index in [0.29, 0.717) is 33.1 Å². The van der Waals surface area contributed by atoms with Crippen LogP contribution in [-0.2, 0) is 0 Å². The summed E-state index contributed by atoms with van der Waals surface area (Å²) in [5.41, 5.74) is 0. The minimum absolute atomic E-state index is 0.280. The molecule has 0 fully saturated rings. The third kappa shape index (κ3) is 2.24. The van der Waals surface area contributed by atoms with Gasteiger partial charge in [-0.1, -0.05) is 0 Å². The van der Waals surface area contributed by atoms with E-state index in [4.69, 9.17) is 0 Å². The molecular formula is C5H6OSe4. The van der Waals surface area contributed by atoms with Crippen LogP contribution in [0.5, 0.6) is 0 Å². The fraction of sp³-hybridized carbons (Fsp3) is 0.400. The number of hydrogen-bond donors (Lipinski definition) is 0. The van der Waals surface area contributed by atoms with Gasteiger partial charge in [-0.15, -0.1) is 0 Å². The van der Waals surface area contributed by atoms with Gasteiger partial charge in [-0.2, -0.15) is 0 Å². The molecule has 0 atom stereocenters. The Morgan fingerprint density at radius 3 is 1.80 bits per heavy atom. The van der Waals surface area contributed by atoms with E-state index in [1.54, 1.807) is 6.67 Å². The van der Waals surface area contributed by atoms with Gasteiger partial charge < -0.3 is 0 Å². The van der Waals surface area contributed by atoms with Crippen LogP contribution < -0.4 is 9.85 Å². The molecule has 10 heavy (non-hydrogen) atoms. The predicted molar refractivity (Wildman–Crippen MR) is 49.1 cm³/mol. The third-order valence-electron chi connectivity index (χ3n) is 0.890. The van der Waals surface area contributed by atoms with Gasteiger partial charge in [-0.05, 0) is 0 Å². The van der Waals surface area contributed by atoms with Gasteiger partial charge in [0.05, 0.1) is 0 Å². The van der Waals surface area contributed by atoms with Crippen molar-refractivity contribution in [2.45, 2.75) is 11.6 Å². The number of rotatable bonds is 2. The molecule has 1 nitrogen and oxygen atoms in total. The van der Waals surface area contributed by atoms with Gasteiger partial charge in [-0.25, -0.2) is 0 Å². The van der Waals surface area contributed by atoms with Gasteiger partial charge in [0.1, 0.15) is 0 Å². The molecule has 0 bridgehead atoms. The standard InChI is InChI=1S/C5H6OSe4/c1-7-3-4(8-2)10-5(6)9-3/h1-2H3. The Morgan fingerprint density at radius 1 is 1.10 bits per heavy atom. The fourth-order valence-corrected chi connectivity index (χ4v) is 16.6. The van der Waals surface area contributed by atoms with Crippen LogP contribution in [-0.4, -0.2) is 58.9 Å². The summed E-state index contributed by atoms with van der Waals surface area (Å²) in [5.74, 6) is 4.45. The summed E-state index contributed by atoms with van der Waals surface area (Å²) in [7, 11) is 0. The van der Waals surface area contributed by atoms with Gasteiger partial charge in [0.2, 0.25) is 0 Å². The molecule has 0 spiro atoms. The van der Waals surface area contributed by atoms with Gasteiger partial charge in [0.15, 0.2) is 0 Å². The summed E-state index contributed by atoms with van der Waals surface area (Å²) in [4.78, 5) is 11.0. The molecule has 1 aromatic rings. The second-order valence-corrected chi connectivity index (χ2v) is 12.9. The van der Waals surface area contributed by atoms with Crippen LogP contribution in [0, 0.1) is 0 Å². The molecule has 0 aliphatic carbocycles. The van der Waals surface area contributed by atoms with E-state index in [9.17, 15) is 4.79 Å². The Hall–Kier alpha value is 1.49. The first-order valence-electron chi connectivity index (χ1n) is 2.50. The molecule has 0 saturated heterocycles. The van der Waals surface area contributed by atoms with Crippen molar-refractivity contribution in [3.63, 3.8) is 0 Å². The van der Waals surface area contributed by atoms with E-state index in [1.165, 1.54) is 0 Å². The first-order valence-corrected chi connectivity index (χ1v) is 11.1. The maximum absolute atomic E-state index is 11.0. The Labute approximate surface area is 84.4 Å². The second kappa shape index (κ2) is 4.50. The van der Waals surface area contributed by atoms with Crippen molar-refractivity contribution in [3.8, 4) is 0 Å². The van der Waals surface area contributed by atoms with Gasteiger partial charge in [0.25, 0.3) is 0 Å². The Morgan fingerprint density at radius 2 is 1.50 bits per heavy atom. The molecule has 1 rings (SSSR count). The van der Waals surface area contributed by atoms with Gasteiger partial charge in [0, 0.05) is 0 Å². The van der Waals surface area contributed by atoms with Crippen LogP contribution >= 0.6 is 0 Å². The molecule has 0 amide bonds. The van der Waals surface area contributed by atoms with Crippen molar-refractivity contribution in [2.75, 3.05) is 0 Å². The zero-order valence-corrected chi connectivity index (χ0v) is 12.4. The zero-order valence-electron chi connectivity index (χ0n) is 5.54. The summed E-state index contributed by atoms with van der Waals surface area (Å²) in [6.45, 7) is 0. The van der Waals surface area contributed by atoms with Crippen LogP contribution in [0.2, 0.25) is 11.6 Å². The van der Waals surface area contributed by atoms with Crippen LogP contribution in [0.15, 0.2) is 4.79 Å². The van der Waals surface area contributed by atoms with E-state index < -0.39 is 0 Å². The second-order valence-electron chi connectivity index (χ2n) is 1.44. The molecule has 0 radical (unpaired) electrons. The molecule has 0 aromatic carbocycles. The van der Waals surface area contributed by atoms with Crippen molar-refractivity contribution >= 4 is 65.6 Å². The summed E-state index contributed by atoms with van der Waals surface area (Å²) in [6.07, 6.45) is 0. The van der Waals surface area contributed by atoms with Gasteiger partial charge >= 0.3 is 85.2 Å². The SMILES string of the molecule is C[Se]c1[se]c(=O)[se]c1[Se]C. The van der Waals surface area contributed by atoms with E-state index in [-0.39, 0.29) is 29.0 Å². The summed E-state index contributed by atoms with van der Waals surface area (Å²) < 4.78 is 3.72. The van der Waals surface area contributed by atoms with Gasteiger partial charge in [-0.3, -0.25) is 0 Å². The quantitative estimate of drug-likeness (QED) is 0.523. The topological polar surface area (TPSA) is 17.1 Å². The van der Waals surface area contributed by atoms with E-state index in [1.807, 2.05) is 0 Å². The average molecular weight is 398 g/mol. The molecule has 1 aromatic heterocycles. The Bertz CT molecular complexity index is 236. The first-order chi connectivity index (χ1) is 4.77.